The Morgan fingerprint density at radius 3 is 2.41 bits per heavy atom. The second-order valence-corrected chi connectivity index (χ2v) is 5.88. The Hall–Kier alpha value is -0.0800. The second kappa shape index (κ2) is 7.38. The van der Waals surface area contributed by atoms with Crippen molar-refractivity contribution in [3.05, 3.63) is 0 Å². The molecule has 0 aliphatic heterocycles. The summed E-state index contributed by atoms with van der Waals surface area (Å²) in [5.41, 5.74) is 0. The summed E-state index contributed by atoms with van der Waals surface area (Å²) in [6, 6.07) is 2.12. The third-order valence-electron chi connectivity index (χ3n) is 4.44. The number of rotatable bonds is 6. The average molecular weight is 240 g/mol. The van der Waals surface area contributed by atoms with Crippen molar-refractivity contribution < 1.29 is 0 Å². The monoisotopic (exact) mass is 240 g/mol. The maximum absolute atomic E-state index is 3.55. The van der Waals surface area contributed by atoms with Crippen molar-refractivity contribution >= 4 is 0 Å². The molecule has 0 heterocycles. The van der Waals surface area contributed by atoms with E-state index >= 15 is 0 Å². The number of hydrogen-bond donors (Lipinski definition) is 1. The number of hydrogen-bond acceptors (Lipinski definition) is 2. The van der Waals surface area contributed by atoms with E-state index in [0.717, 1.165) is 12.0 Å². The molecular weight excluding hydrogens is 208 g/mol. The van der Waals surface area contributed by atoms with Crippen LogP contribution in [0.3, 0.4) is 0 Å². The maximum atomic E-state index is 3.55. The van der Waals surface area contributed by atoms with E-state index in [1.165, 1.54) is 38.6 Å². The van der Waals surface area contributed by atoms with E-state index in [9.17, 15) is 0 Å². The lowest BCUT2D eigenvalue weighted by atomic mass is 9.80. The molecule has 3 atom stereocenters. The van der Waals surface area contributed by atoms with Crippen LogP contribution in [0.15, 0.2) is 0 Å². The van der Waals surface area contributed by atoms with Crippen LogP contribution in [-0.4, -0.2) is 36.6 Å². The van der Waals surface area contributed by atoms with Crippen LogP contribution in [0.4, 0.5) is 0 Å². The van der Waals surface area contributed by atoms with Gasteiger partial charge in [-0.15, -0.1) is 0 Å². The van der Waals surface area contributed by atoms with Crippen molar-refractivity contribution in [2.75, 3.05) is 13.6 Å². The number of likely N-dealkylation sites (N-methyl/N-ethyl adjacent to an activating group) is 1. The second-order valence-electron chi connectivity index (χ2n) is 5.88. The molecule has 0 spiro atoms. The van der Waals surface area contributed by atoms with Gasteiger partial charge in [-0.05, 0) is 59.0 Å². The molecule has 0 saturated heterocycles. The molecular formula is C15H32N2. The van der Waals surface area contributed by atoms with E-state index in [2.05, 4.69) is 45.0 Å². The summed E-state index contributed by atoms with van der Waals surface area (Å²) in [7, 11) is 2.13. The first kappa shape index (κ1) is 15.0. The topological polar surface area (TPSA) is 15.3 Å². The van der Waals surface area contributed by atoms with Crippen LogP contribution < -0.4 is 5.32 Å². The molecule has 17 heavy (non-hydrogen) atoms. The van der Waals surface area contributed by atoms with Crippen molar-refractivity contribution in [3.63, 3.8) is 0 Å². The molecule has 1 aliphatic rings. The van der Waals surface area contributed by atoms with Crippen molar-refractivity contribution in [1.29, 1.82) is 0 Å². The van der Waals surface area contributed by atoms with Gasteiger partial charge >= 0.3 is 0 Å². The van der Waals surface area contributed by atoms with E-state index in [-0.39, 0.29) is 0 Å². The predicted octanol–water partition coefficient (Wildman–Crippen LogP) is 3.27. The van der Waals surface area contributed by atoms with Crippen molar-refractivity contribution in [2.24, 2.45) is 5.92 Å². The van der Waals surface area contributed by atoms with Crippen LogP contribution in [0.5, 0.6) is 0 Å². The molecule has 102 valence electrons. The lowest BCUT2D eigenvalue weighted by molar-refractivity contribution is 0.0729. The molecule has 0 bridgehead atoms. The first-order chi connectivity index (χ1) is 8.13. The van der Waals surface area contributed by atoms with Gasteiger partial charge in [-0.2, -0.15) is 0 Å². The van der Waals surface area contributed by atoms with Gasteiger partial charge in [-0.25, -0.2) is 0 Å². The minimum atomic E-state index is 0.673. The Morgan fingerprint density at radius 1 is 1.24 bits per heavy atom. The summed E-state index contributed by atoms with van der Waals surface area (Å²) in [5.74, 6) is 0.947. The molecule has 1 saturated carbocycles. The SMILES string of the molecule is CCCN(C(C)C)C1CC(CC)CCC1NC. The van der Waals surface area contributed by atoms with Gasteiger partial charge in [0.15, 0.2) is 0 Å². The zero-order valence-electron chi connectivity index (χ0n) is 12.5. The van der Waals surface area contributed by atoms with Gasteiger partial charge < -0.3 is 5.32 Å². The van der Waals surface area contributed by atoms with Gasteiger partial charge in [0.25, 0.3) is 0 Å². The van der Waals surface area contributed by atoms with Crippen LogP contribution in [0.25, 0.3) is 0 Å². The van der Waals surface area contributed by atoms with Crippen molar-refractivity contribution in [3.8, 4) is 0 Å². The summed E-state index contributed by atoms with van der Waals surface area (Å²) < 4.78 is 0. The quantitative estimate of drug-likeness (QED) is 0.766. The molecule has 1 fully saturated rings. The van der Waals surface area contributed by atoms with Gasteiger partial charge in [0.2, 0.25) is 0 Å². The van der Waals surface area contributed by atoms with Gasteiger partial charge in [0.1, 0.15) is 0 Å². The summed E-state index contributed by atoms with van der Waals surface area (Å²) in [6.45, 7) is 10.6. The molecule has 2 heteroatoms. The third kappa shape index (κ3) is 3.96. The first-order valence-electron chi connectivity index (χ1n) is 7.56. The average Bonchev–Trinajstić information content (AvgIpc) is 2.34. The van der Waals surface area contributed by atoms with E-state index < -0.39 is 0 Å². The highest BCUT2D eigenvalue weighted by molar-refractivity contribution is 4.91. The predicted molar refractivity (Wildman–Crippen MR) is 76.4 cm³/mol. The zero-order chi connectivity index (χ0) is 12.8. The Labute approximate surface area is 108 Å². The molecule has 3 unspecified atom stereocenters. The summed E-state index contributed by atoms with van der Waals surface area (Å²) >= 11 is 0. The minimum absolute atomic E-state index is 0.673. The Balaban J connectivity index is 2.71. The van der Waals surface area contributed by atoms with Gasteiger partial charge in [0, 0.05) is 18.1 Å². The molecule has 0 aromatic rings. The lowest BCUT2D eigenvalue weighted by Crippen LogP contribution is -2.54. The van der Waals surface area contributed by atoms with E-state index in [1.807, 2.05) is 0 Å². The van der Waals surface area contributed by atoms with Crippen molar-refractivity contribution in [2.45, 2.75) is 77.9 Å². The van der Waals surface area contributed by atoms with Crippen LogP contribution in [0.2, 0.25) is 0 Å². The Morgan fingerprint density at radius 2 is 1.94 bits per heavy atom. The molecule has 1 N–H and O–H groups in total. The van der Waals surface area contributed by atoms with E-state index in [4.69, 9.17) is 0 Å². The highest BCUT2D eigenvalue weighted by Crippen LogP contribution is 2.31. The van der Waals surface area contributed by atoms with Crippen LogP contribution in [-0.2, 0) is 0 Å². The summed E-state index contributed by atoms with van der Waals surface area (Å²) in [4.78, 5) is 2.73. The smallest absolute Gasteiger partial charge is 0.0254 e. The maximum Gasteiger partial charge on any atom is 0.0254 e. The van der Waals surface area contributed by atoms with Crippen molar-refractivity contribution in [1.82, 2.24) is 10.2 Å². The summed E-state index contributed by atoms with van der Waals surface area (Å²) in [6.07, 6.45) is 6.77. The fraction of sp³-hybridized carbons (Fsp3) is 1.00. The van der Waals surface area contributed by atoms with E-state index in [1.54, 1.807) is 0 Å². The molecule has 0 aromatic carbocycles. The van der Waals surface area contributed by atoms with Gasteiger partial charge in [0.05, 0.1) is 0 Å². The molecule has 1 aliphatic carbocycles. The third-order valence-corrected chi connectivity index (χ3v) is 4.44. The fourth-order valence-electron chi connectivity index (χ4n) is 3.37. The number of nitrogens with zero attached hydrogens (tertiary/aromatic N) is 1. The van der Waals surface area contributed by atoms with Crippen LogP contribution >= 0.6 is 0 Å². The number of nitrogens with one attached hydrogen (secondary N) is 1. The van der Waals surface area contributed by atoms with Gasteiger partial charge in [-0.3, -0.25) is 4.90 Å². The zero-order valence-corrected chi connectivity index (χ0v) is 12.5. The molecule has 0 aromatic heterocycles. The van der Waals surface area contributed by atoms with Crippen LogP contribution in [0, 0.1) is 5.92 Å². The van der Waals surface area contributed by atoms with Crippen LogP contribution in [0.1, 0.15) is 59.8 Å². The molecule has 2 nitrogen and oxygen atoms in total. The molecule has 0 amide bonds. The fourth-order valence-corrected chi connectivity index (χ4v) is 3.37. The lowest BCUT2D eigenvalue weighted by Gasteiger charge is -2.44. The Bertz CT molecular complexity index is 203. The first-order valence-corrected chi connectivity index (χ1v) is 7.56. The van der Waals surface area contributed by atoms with Gasteiger partial charge in [-0.1, -0.05) is 20.3 Å². The normalized spacial score (nSPS) is 30.2. The molecule has 0 radical (unpaired) electrons. The van der Waals surface area contributed by atoms with E-state index in [0.29, 0.717) is 12.1 Å². The largest absolute Gasteiger partial charge is 0.315 e. The highest BCUT2D eigenvalue weighted by Gasteiger charge is 2.33. The summed E-state index contributed by atoms with van der Waals surface area (Å²) in [5, 5.41) is 3.55. The molecule has 1 rings (SSSR count). The Kier molecular flexibility index (Phi) is 6.50. The minimum Gasteiger partial charge on any atom is -0.315 e. The highest BCUT2D eigenvalue weighted by atomic mass is 15.2. The standard InChI is InChI=1S/C15H32N2/c1-6-10-17(12(3)4)15-11-13(7-2)8-9-14(15)16-5/h12-16H,6-11H2,1-5H3.